The number of fused-ring (bicyclic) bond motifs is 1. The molecule has 3 rings (SSSR count). The summed E-state index contributed by atoms with van der Waals surface area (Å²) in [7, 11) is 0. The summed E-state index contributed by atoms with van der Waals surface area (Å²) in [6.07, 6.45) is 1.46. The monoisotopic (exact) mass is 384 g/mol. The van der Waals surface area contributed by atoms with E-state index in [1.165, 1.54) is 16.9 Å². The van der Waals surface area contributed by atoms with Crippen LogP contribution >= 0.6 is 0 Å². The Balaban J connectivity index is 1.77. The second kappa shape index (κ2) is 8.66. The van der Waals surface area contributed by atoms with Crippen LogP contribution in [0.5, 0.6) is 0 Å². The molecule has 0 saturated heterocycles. The number of amides is 1. The molecule has 0 saturated carbocycles. The molecule has 28 heavy (non-hydrogen) atoms. The molecule has 148 valence electrons. The number of imidazole rings is 1. The summed E-state index contributed by atoms with van der Waals surface area (Å²) in [5.74, 6) is -0.972. The summed E-state index contributed by atoms with van der Waals surface area (Å²) in [4.78, 5) is 30.2. The topological polar surface area (TPSA) is 105 Å². The number of carbonyl (C=O) groups excluding carboxylic acids is 1. The number of hydrogen-bond acceptors (Lipinski definition) is 5. The van der Waals surface area contributed by atoms with Gasteiger partial charge in [0.05, 0.1) is 11.0 Å². The summed E-state index contributed by atoms with van der Waals surface area (Å²) in [5.41, 5.74) is 1.67. The zero-order valence-corrected chi connectivity index (χ0v) is 16.0. The first kappa shape index (κ1) is 19.6. The number of rotatable bonds is 9. The number of nitrogens with one attached hydrogen (secondary N) is 1. The maximum atomic E-state index is 12.5. The van der Waals surface area contributed by atoms with Crippen LogP contribution in [-0.2, 0) is 17.9 Å². The van der Waals surface area contributed by atoms with E-state index >= 15 is 0 Å². The molecule has 2 N–H and O–H groups in total. The van der Waals surface area contributed by atoms with Crippen LogP contribution in [0, 0.1) is 0 Å². The summed E-state index contributed by atoms with van der Waals surface area (Å²) < 4.78 is 3.29. The number of likely N-dealkylation sites (N-methyl/N-ethyl adjacent to an activating group) is 1. The Hall–Kier alpha value is -3.20. The minimum Gasteiger partial charge on any atom is -0.476 e. The van der Waals surface area contributed by atoms with Crippen LogP contribution in [0.4, 0.5) is 5.95 Å². The summed E-state index contributed by atoms with van der Waals surface area (Å²) in [6.45, 7) is 7.60. The summed E-state index contributed by atoms with van der Waals surface area (Å²) in [5, 5.41) is 15.6. The number of carboxylic acids is 1. The molecule has 2 aromatic heterocycles. The Morgan fingerprint density at radius 2 is 1.93 bits per heavy atom. The maximum Gasteiger partial charge on any atom is 0.356 e. The average Bonchev–Trinajstić information content (AvgIpc) is 3.27. The van der Waals surface area contributed by atoms with Crippen molar-refractivity contribution in [3.63, 3.8) is 0 Å². The molecule has 1 aromatic carbocycles. The third-order valence-corrected chi connectivity index (χ3v) is 4.61. The van der Waals surface area contributed by atoms with Crippen LogP contribution in [0.15, 0.2) is 36.5 Å². The summed E-state index contributed by atoms with van der Waals surface area (Å²) in [6, 6.07) is 9.10. The fourth-order valence-corrected chi connectivity index (χ4v) is 3.05. The standard InChI is InChI=1S/C19H24N6O3/c1-3-23(4-2)11-12-25-16-8-6-5-7-14(16)20-19(25)21-17(26)13-24-10-9-15(22-24)18(27)28/h5-10H,3-4,11-13H2,1-2H3,(H,27,28)(H,20,21,26). The average molecular weight is 384 g/mol. The van der Waals surface area contributed by atoms with E-state index in [4.69, 9.17) is 5.11 Å². The molecule has 0 aliphatic heterocycles. The normalized spacial score (nSPS) is 11.2. The van der Waals surface area contributed by atoms with Crippen LogP contribution in [0.3, 0.4) is 0 Å². The predicted octanol–water partition coefficient (Wildman–Crippen LogP) is 1.91. The minimum atomic E-state index is -1.13. The lowest BCUT2D eigenvalue weighted by Crippen LogP contribution is -2.28. The van der Waals surface area contributed by atoms with Crippen LogP contribution < -0.4 is 5.32 Å². The maximum absolute atomic E-state index is 12.5. The Labute approximate surface area is 162 Å². The number of benzene rings is 1. The fourth-order valence-electron chi connectivity index (χ4n) is 3.05. The van der Waals surface area contributed by atoms with Crippen molar-refractivity contribution in [2.24, 2.45) is 0 Å². The zero-order chi connectivity index (χ0) is 20.1. The molecule has 0 aliphatic rings. The number of carboxylic acid groups (broad SMARTS) is 1. The van der Waals surface area contributed by atoms with Crippen molar-refractivity contribution in [2.45, 2.75) is 26.9 Å². The number of anilines is 1. The van der Waals surface area contributed by atoms with Gasteiger partial charge in [-0.1, -0.05) is 26.0 Å². The molecule has 0 unspecified atom stereocenters. The van der Waals surface area contributed by atoms with Crippen LogP contribution in [-0.4, -0.2) is 60.8 Å². The smallest absolute Gasteiger partial charge is 0.356 e. The van der Waals surface area contributed by atoms with Gasteiger partial charge in [0.25, 0.3) is 0 Å². The van der Waals surface area contributed by atoms with E-state index in [9.17, 15) is 9.59 Å². The molecule has 0 radical (unpaired) electrons. The lowest BCUT2D eigenvalue weighted by atomic mass is 10.3. The van der Waals surface area contributed by atoms with Gasteiger partial charge in [-0.15, -0.1) is 0 Å². The molecule has 0 atom stereocenters. The highest BCUT2D eigenvalue weighted by molar-refractivity contribution is 5.91. The number of carbonyl (C=O) groups is 2. The van der Waals surface area contributed by atoms with Crippen molar-refractivity contribution < 1.29 is 14.7 Å². The fraction of sp³-hybridized carbons (Fsp3) is 0.368. The zero-order valence-electron chi connectivity index (χ0n) is 16.0. The Kier molecular flexibility index (Phi) is 6.05. The largest absolute Gasteiger partial charge is 0.476 e. The van der Waals surface area contributed by atoms with Crippen molar-refractivity contribution >= 4 is 28.9 Å². The molecule has 0 spiro atoms. The lowest BCUT2D eigenvalue weighted by molar-refractivity contribution is -0.117. The van der Waals surface area contributed by atoms with Gasteiger partial charge >= 0.3 is 5.97 Å². The predicted molar refractivity (Wildman–Crippen MR) is 105 cm³/mol. The second-order valence-corrected chi connectivity index (χ2v) is 6.35. The molecule has 9 heteroatoms. The molecule has 3 aromatic rings. The number of aromatic carboxylic acids is 1. The van der Waals surface area contributed by atoms with Gasteiger partial charge in [0, 0.05) is 19.3 Å². The van der Waals surface area contributed by atoms with Crippen LogP contribution in [0.2, 0.25) is 0 Å². The molecular formula is C19H24N6O3. The van der Waals surface area contributed by atoms with E-state index in [1.807, 2.05) is 28.8 Å². The number of hydrogen-bond donors (Lipinski definition) is 2. The van der Waals surface area contributed by atoms with Crippen molar-refractivity contribution in [3.8, 4) is 0 Å². The quantitative estimate of drug-likeness (QED) is 0.584. The number of nitrogens with zero attached hydrogens (tertiary/aromatic N) is 5. The minimum absolute atomic E-state index is 0.0907. The molecule has 2 heterocycles. The molecule has 0 aliphatic carbocycles. The van der Waals surface area contributed by atoms with Gasteiger partial charge in [-0.05, 0) is 31.3 Å². The molecular weight excluding hydrogens is 360 g/mol. The molecule has 1 amide bonds. The number of para-hydroxylation sites is 2. The highest BCUT2D eigenvalue weighted by atomic mass is 16.4. The van der Waals surface area contributed by atoms with Crippen molar-refractivity contribution in [1.29, 1.82) is 0 Å². The van der Waals surface area contributed by atoms with E-state index in [2.05, 4.69) is 34.1 Å². The van der Waals surface area contributed by atoms with E-state index in [1.54, 1.807) is 0 Å². The van der Waals surface area contributed by atoms with Gasteiger partial charge in [-0.2, -0.15) is 5.10 Å². The van der Waals surface area contributed by atoms with Gasteiger partial charge in [-0.25, -0.2) is 9.78 Å². The van der Waals surface area contributed by atoms with Gasteiger partial charge < -0.3 is 14.6 Å². The van der Waals surface area contributed by atoms with Crippen molar-refractivity contribution in [1.82, 2.24) is 24.2 Å². The Morgan fingerprint density at radius 1 is 1.18 bits per heavy atom. The lowest BCUT2D eigenvalue weighted by Gasteiger charge is -2.19. The highest BCUT2D eigenvalue weighted by Crippen LogP contribution is 2.19. The summed E-state index contributed by atoms with van der Waals surface area (Å²) >= 11 is 0. The van der Waals surface area contributed by atoms with E-state index in [0.717, 1.165) is 30.7 Å². The molecule has 9 nitrogen and oxygen atoms in total. The first-order valence-corrected chi connectivity index (χ1v) is 9.26. The Morgan fingerprint density at radius 3 is 2.61 bits per heavy atom. The molecule has 0 bridgehead atoms. The first-order valence-electron chi connectivity index (χ1n) is 9.26. The van der Waals surface area contributed by atoms with E-state index in [-0.39, 0.29) is 18.1 Å². The van der Waals surface area contributed by atoms with Gasteiger partial charge in [0.1, 0.15) is 6.54 Å². The molecule has 0 fully saturated rings. The third kappa shape index (κ3) is 4.37. The van der Waals surface area contributed by atoms with E-state index < -0.39 is 5.97 Å². The third-order valence-electron chi connectivity index (χ3n) is 4.61. The van der Waals surface area contributed by atoms with Crippen molar-refractivity contribution in [3.05, 3.63) is 42.2 Å². The highest BCUT2D eigenvalue weighted by Gasteiger charge is 2.15. The van der Waals surface area contributed by atoms with Gasteiger partial charge in [-0.3, -0.25) is 14.8 Å². The van der Waals surface area contributed by atoms with Gasteiger partial charge in [0.2, 0.25) is 11.9 Å². The van der Waals surface area contributed by atoms with Crippen LogP contribution in [0.1, 0.15) is 24.3 Å². The first-order chi connectivity index (χ1) is 13.5. The van der Waals surface area contributed by atoms with E-state index in [0.29, 0.717) is 12.5 Å². The van der Waals surface area contributed by atoms with Gasteiger partial charge in [0.15, 0.2) is 5.69 Å². The van der Waals surface area contributed by atoms with Crippen molar-refractivity contribution in [2.75, 3.05) is 25.0 Å². The SMILES string of the molecule is CCN(CC)CCn1c(NC(=O)Cn2ccc(C(=O)O)n2)nc2ccccc21. The van der Waals surface area contributed by atoms with Crippen LogP contribution in [0.25, 0.3) is 11.0 Å². The Bertz CT molecular complexity index is 973. The second-order valence-electron chi connectivity index (χ2n) is 6.35. The number of aromatic nitrogens is 4.